The Bertz CT molecular complexity index is 849. The third-order valence-corrected chi connectivity index (χ3v) is 5.35. The van der Waals surface area contributed by atoms with Crippen LogP contribution < -0.4 is 5.32 Å². The summed E-state index contributed by atoms with van der Waals surface area (Å²) >= 11 is 16.9. The van der Waals surface area contributed by atoms with E-state index in [9.17, 15) is 13.6 Å². The number of benzene rings is 2. The Balaban J connectivity index is 2.11. The molecule has 0 bridgehead atoms. The van der Waals surface area contributed by atoms with Crippen molar-refractivity contribution < 1.29 is 18.3 Å². The molecular weight excluding hydrogens is 453 g/mol. The van der Waals surface area contributed by atoms with Crippen LogP contribution in [0.3, 0.4) is 0 Å². The van der Waals surface area contributed by atoms with Crippen molar-refractivity contribution in [3.8, 4) is 0 Å². The van der Waals surface area contributed by atoms with Gasteiger partial charge in [0, 0.05) is 10.6 Å². The summed E-state index contributed by atoms with van der Waals surface area (Å²) < 4.78 is 32.5. The highest BCUT2D eigenvalue weighted by atomic mass is 35.5. The zero-order valence-corrected chi connectivity index (χ0v) is 17.5. The summed E-state index contributed by atoms with van der Waals surface area (Å²) in [4.78, 5) is 14.5. The molecule has 0 atom stereocenters. The molecule has 4 nitrogen and oxygen atoms in total. The maximum atomic E-state index is 13.5. The highest BCUT2D eigenvalue weighted by Crippen LogP contribution is 2.42. The number of hydrogen-bond donors (Lipinski definition) is 1. The fourth-order valence-electron chi connectivity index (χ4n) is 1.99. The molecule has 0 aromatic heterocycles. The van der Waals surface area contributed by atoms with Crippen molar-refractivity contribution in [1.82, 2.24) is 0 Å². The largest absolute Gasteiger partial charge is 0.477 e. The molecule has 0 saturated carbocycles. The Kier molecular flexibility index (Phi) is 8.37. The summed E-state index contributed by atoms with van der Waals surface area (Å²) in [6, 6.07) is 11.9. The maximum absolute atomic E-state index is 13.5. The van der Waals surface area contributed by atoms with E-state index >= 15 is 0 Å². The fraction of sp³-hybridized carbons (Fsp3) is 0.222. The number of urea groups is 1. The Morgan fingerprint density at radius 1 is 1.21 bits per heavy atom. The molecule has 2 aromatic rings. The minimum absolute atomic E-state index is 0.0766. The number of nitrogens with one attached hydrogen (secondary N) is 1. The monoisotopic (exact) mass is 466 g/mol. The lowest BCUT2D eigenvalue weighted by Gasteiger charge is -2.16. The topological polar surface area (TPSA) is 50.7 Å². The molecule has 0 saturated heterocycles. The van der Waals surface area contributed by atoms with Crippen LogP contribution in [-0.4, -0.2) is 28.6 Å². The third kappa shape index (κ3) is 6.51. The van der Waals surface area contributed by atoms with Gasteiger partial charge in [0.2, 0.25) is 5.90 Å². The Hall–Kier alpha value is -1.54. The van der Waals surface area contributed by atoms with Gasteiger partial charge in [-0.1, -0.05) is 46.9 Å². The Morgan fingerprint density at radius 3 is 2.43 bits per heavy atom. The van der Waals surface area contributed by atoms with Crippen LogP contribution in [0.1, 0.15) is 12.5 Å². The number of amides is 2. The van der Waals surface area contributed by atoms with Crippen LogP contribution >= 0.6 is 46.6 Å². The van der Waals surface area contributed by atoms with Gasteiger partial charge in [-0.15, -0.1) is 0 Å². The molecule has 150 valence electrons. The van der Waals surface area contributed by atoms with Crippen molar-refractivity contribution in [3.05, 3.63) is 59.1 Å². The molecular formula is C18H15Cl3F2N2O2S. The van der Waals surface area contributed by atoms with Gasteiger partial charge < -0.3 is 10.1 Å². The van der Waals surface area contributed by atoms with Gasteiger partial charge in [-0.3, -0.25) is 0 Å². The normalized spacial score (nSPS) is 12.2. The first-order valence-corrected chi connectivity index (χ1v) is 10.0. The minimum atomic E-state index is -3.33. The van der Waals surface area contributed by atoms with Crippen LogP contribution in [-0.2, 0) is 4.74 Å². The number of anilines is 1. The first-order chi connectivity index (χ1) is 13.2. The number of rotatable bonds is 6. The number of hydrogen-bond acceptors (Lipinski definition) is 3. The quantitative estimate of drug-likeness (QED) is 0.219. The molecule has 2 rings (SSSR count). The van der Waals surface area contributed by atoms with E-state index in [4.69, 9.17) is 39.5 Å². The van der Waals surface area contributed by atoms with Crippen LogP contribution in [0.4, 0.5) is 19.3 Å². The Labute approximate surface area is 180 Å². The first kappa shape index (κ1) is 22.7. The molecule has 0 heterocycles. The van der Waals surface area contributed by atoms with E-state index in [1.807, 2.05) is 0 Å². The molecule has 0 spiro atoms. The fourth-order valence-corrected chi connectivity index (χ4v) is 3.15. The summed E-state index contributed by atoms with van der Waals surface area (Å²) in [5.74, 6) is 0.0766. The van der Waals surface area contributed by atoms with Crippen LogP contribution in [0.15, 0.2) is 58.4 Å². The lowest BCUT2D eigenvalue weighted by molar-refractivity contribution is 0.122. The molecule has 0 radical (unpaired) electrons. The van der Waals surface area contributed by atoms with Gasteiger partial charge in [0.1, 0.15) is 0 Å². The highest BCUT2D eigenvalue weighted by Gasteiger charge is 2.38. The molecule has 0 aliphatic carbocycles. The average Bonchev–Trinajstić information content (AvgIpc) is 2.63. The van der Waals surface area contributed by atoms with Crippen LogP contribution in [0, 0.1) is 0 Å². The van der Waals surface area contributed by atoms with E-state index in [1.165, 1.54) is 24.3 Å². The lowest BCUT2D eigenvalue weighted by Crippen LogP contribution is -2.19. The second-order valence-electron chi connectivity index (χ2n) is 5.25. The van der Waals surface area contributed by atoms with E-state index in [-0.39, 0.29) is 22.6 Å². The van der Waals surface area contributed by atoms with Crippen molar-refractivity contribution in [2.75, 3.05) is 11.9 Å². The van der Waals surface area contributed by atoms with Crippen molar-refractivity contribution in [3.63, 3.8) is 0 Å². The SMILES string of the molecule is CCOC(=NC(=O)Nc1ccc(SC(F)(F)C(Cl)Cl)cc1)c1ccccc1Cl. The number of nitrogens with zero attached hydrogens (tertiary/aromatic N) is 1. The number of carbonyl (C=O) groups excluding carboxylic acids is 1. The summed E-state index contributed by atoms with van der Waals surface area (Å²) in [5.41, 5.74) is 0.844. The van der Waals surface area contributed by atoms with Crippen LogP contribution in [0.2, 0.25) is 5.02 Å². The average molecular weight is 468 g/mol. The first-order valence-electron chi connectivity index (χ1n) is 7.95. The molecule has 2 aromatic carbocycles. The van der Waals surface area contributed by atoms with E-state index in [1.54, 1.807) is 31.2 Å². The molecule has 0 aliphatic heterocycles. The smallest absolute Gasteiger partial charge is 0.348 e. The molecule has 0 unspecified atom stereocenters. The van der Waals surface area contributed by atoms with Gasteiger partial charge >= 0.3 is 11.3 Å². The zero-order valence-electron chi connectivity index (χ0n) is 14.5. The summed E-state index contributed by atoms with van der Waals surface area (Å²) in [6.45, 7) is 2.04. The highest BCUT2D eigenvalue weighted by molar-refractivity contribution is 8.00. The molecule has 0 aliphatic rings. The van der Waals surface area contributed by atoms with Crippen LogP contribution in [0.5, 0.6) is 0 Å². The van der Waals surface area contributed by atoms with Gasteiger partial charge in [-0.2, -0.15) is 13.8 Å². The number of ether oxygens (including phenoxy) is 1. The molecule has 2 amide bonds. The van der Waals surface area contributed by atoms with Gasteiger partial charge in [0.05, 0.1) is 17.2 Å². The number of carbonyl (C=O) groups is 1. The van der Waals surface area contributed by atoms with Crippen molar-refractivity contribution in [2.24, 2.45) is 4.99 Å². The van der Waals surface area contributed by atoms with Gasteiger partial charge in [0.15, 0.2) is 4.84 Å². The standard InChI is InChI=1S/C18H15Cl3F2N2O2S/c1-2-27-15(13-5-3-4-6-14(13)19)25-17(26)24-11-7-9-12(10-8-11)28-18(22,23)16(20)21/h3-10,16H,2H2,1H3,(H,24,26). The molecule has 28 heavy (non-hydrogen) atoms. The van der Waals surface area contributed by atoms with Gasteiger partial charge in [-0.25, -0.2) is 4.79 Å². The number of thioether (sulfide) groups is 1. The van der Waals surface area contributed by atoms with E-state index < -0.39 is 16.1 Å². The third-order valence-electron chi connectivity index (χ3n) is 3.20. The van der Waals surface area contributed by atoms with E-state index in [0.29, 0.717) is 22.9 Å². The maximum Gasteiger partial charge on any atom is 0.348 e. The van der Waals surface area contributed by atoms with Gasteiger partial charge in [-0.05, 0) is 55.1 Å². The van der Waals surface area contributed by atoms with Crippen molar-refractivity contribution in [1.29, 1.82) is 0 Å². The minimum Gasteiger partial charge on any atom is -0.477 e. The van der Waals surface area contributed by atoms with Crippen molar-refractivity contribution in [2.45, 2.75) is 21.9 Å². The number of alkyl halides is 4. The summed E-state index contributed by atoms with van der Waals surface area (Å²) in [7, 11) is 0. The van der Waals surface area contributed by atoms with Crippen LogP contribution in [0.25, 0.3) is 0 Å². The van der Waals surface area contributed by atoms with Crippen molar-refractivity contribution >= 4 is 64.2 Å². The van der Waals surface area contributed by atoms with E-state index in [0.717, 1.165) is 0 Å². The zero-order chi connectivity index (χ0) is 20.7. The molecule has 1 N–H and O–H groups in total. The number of halogens is 5. The summed E-state index contributed by atoms with van der Waals surface area (Å²) in [6.07, 6.45) is 0. The van der Waals surface area contributed by atoms with Gasteiger partial charge in [0.25, 0.3) is 0 Å². The predicted octanol–water partition coefficient (Wildman–Crippen LogP) is 6.84. The second-order valence-corrected chi connectivity index (χ2v) is 7.97. The Morgan fingerprint density at radius 2 is 1.86 bits per heavy atom. The van der Waals surface area contributed by atoms with E-state index in [2.05, 4.69) is 10.3 Å². The molecule has 0 fully saturated rings. The molecule has 10 heteroatoms. The lowest BCUT2D eigenvalue weighted by atomic mass is 10.2. The second kappa shape index (κ2) is 10.3. The summed E-state index contributed by atoms with van der Waals surface area (Å²) in [5, 5.41) is -0.409. The number of aliphatic imine (C=N–C) groups is 1. The predicted molar refractivity (Wildman–Crippen MR) is 111 cm³/mol.